The fraction of sp³-hybridized carbons (Fsp3) is 0.105. The molecule has 3 aromatic heterocycles. The van der Waals surface area contributed by atoms with E-state index in [0.717, 1.165) is 27.5 Å². The van der Waals surface area contributed by atoms with Gasteiger partial charge < -0.3 is 0 Å². The summed E-state index contributed by atoms with van der Waals surface area (Å²) < 4.78 is 41.4. The van der Waals surface area contributed by atoms with Gasteiger partial charge in [-0.25, -0.2) is 31.7 Å². The van der Waals surface area contributed by atoms with E-state index in [4.69, 9.17) is 11.6 Å². The largest absolute Gasteiger partial charge is 0.269 e. The van der Waals surface area contributed by atoms with Crippen molar-refractivity contribution in [2.75, 3.05) is 6.26 Å². The molecule has 0 fully saturated rings. The Morgan fingerprint density at radius 3 is 2.55 bits per heavy atom. The molecule has 148 valence electrons. The Morgan fingerprint density at radius 1 is 1.14 bits per heavy atom. The fourth-order valence-electron chi connectivity index (χ4n) is 2.86. The molecular formula is C19H14ClFN4O2S2. The minimum Gasteiger partial charge on any atom is -0.236 e. The van der Waals surface area contributed by atoms with Gasteiger partial charge in [-0.1, -0.05) is 29.3 Å². The van der Waals surface area contributed by atoms with E-state index in [1.165, 1.54) is 24.5 Å². The molecule has 0 aliphatic rings. The Hall–Kier alpha value is -2.49. The summed E-state index contributed by atoms with van der Waals surface area (Å²) in [6, 6.07) is 8.10. The van der Waals surface area contributed by atoms with E-state index in [1.807, 2.05) is 6.92 Å². The highest BCUT2D eigenvalue weighted by atomic mass is 35.5. The monoisotopic (exact) mass is 448 g/mol. The standard InChI is InChI=1S/C19H14ClFN4O2S2/c1-11-3-5-13(6-4-11)29(26,27)25-10-15(14-7-12(20)8-23-18(14)25)17-22-9-16(21)19(24-17)28-2/h3-10H,1-2H3. The fourth-order valence-corrected chi connectivity index (χ4v) is 4.77. The number of fused-ring (bicyclic) bond motifs is 1. The molecule has 0 N–H and O–H groups in total. The molecule has 10 heteroatoms. The zero-order valence-corrected chi connectivity index (χ0v) is 17.7. The summed E-state index contributed by atoms with van der Waals surface area (Å²) in [7, 11) is -3.93. The highest BCUT2D eigenvalue weighted by Gasteiger charge is 2.24. The van der Waals surface area contributed by atoms with Gasteiger partial charge in [0.05, 0.1) is 16.1 Å². The first-order valence-corrected chi connectivity index (χ1v) is 11.4. The second-order valence-corrected chi connectivity index (χ2v) is 9.28. The molecule has 3 heterocycles. The summed E-state index contributed by atoms with van der Waals surface area (Å²) in [5, 5.41) is 0.940. The predicted molar refractivity (Wildman–Crippen MR) is 111 cm³/mol. The van der Waals surface area contributed by atoms with Crippen LogP contribution in [-0.4, -0.2) is 33.6 Å². The van der Waals surface area contributed by atoms with E-state index >= 15 is 0 Å². The quantitative estimate of drug-likeness (QED) is 0.336. The van der Waals surface area contributed by atoms with Crippen molar-refractivity contribution in [3.63, 3.8) is 0 Å². The number of rotatable bonds is 4. The number of halogens is 2. The zero-order valence-electron chi connectivity index (χ0n) is 15.3. The topological polar surface area (TPSA) is 77.7 Å². The van der Waals surface area contributed by atoms with E-state index in [1.54, 1.807) is 24.5 Å². The van der Waals surface area contributed by atoms with E-state index in [2.05, 4.69) is 15.0 Å². The molecule has 4 aromatic rings. The number of aromatic nitrogens is 4. The molecule has 0 saturated heterocycles. The van der Waals surface area contributed by atoms with Gasteiger partial charge in [-0.3, -0.25) is 0 Å². The Morgan fingerprint density at radius 2 is 1.86 bits per heavy atom. The molecule has 6 nitrogen and oxygen atoms in total. The lowest BCUT2D eigenvalue weighted by Crippen LogP contribution is -2.12. The third kappa shape index (κ3) is 3.50. The first kappa shape index (κ1) is 19.8. The first-order chi connectivity index (χ1) is 13.8. The second kappa shape index (κ2) is 7.40. The SMILES string of the molecule is CSc1nc(-c2cn(S(=O)(=O)c3ccc(C)cc3)c3ncc(Cl)cc23)ncc1F. The van der Waals surface area contributed by atoms with E-state index < -0.39 is 15.8 Å². The van der Waals surface area contributed by atoms with Gasteiger partial charge in [-0.05, 0) is 31.4 Å². The van der Waals surface area contributed by atoms with Crippen LogP contribution in [-0.2, 0) is 10.0 Å². The summed E-state index contributed by atoms with van der Waals surface area (Å²) >= 11 is 7.22. The summed E-state index contributed by atoms with van der Waals surface area (Å²) in [5.74, 6) is -0.365. The minimum atomic E-state index is -3.93. The number of pyridine rings is 1. The molecule has 0 aliphatic heterocycles. The number of benzene rings is 1. The van der Waals surface area contributed by atoms with E-state index in [9.17, 15) is 12.8 Å². The maximum absolute atomic E-state index is 13.8. The third-order valence-corrected chi connectivity index (χ3v) is 6.85. The van der Waals surface area contributed by atoms with Gasteiger partial charge in [0.1, 0.15) is 5.03 Å². The lowest BCUT2D eigenvalue weighted by Gasteiger charge is -2.07. The van der Waals surface area contributed by atoms with Crippen molar-refractivity contribution >= 4 is 44.4 Å². The van der Waals surface area contributed by atoms with Gasteiger partial charge in [0.2, 0.25) is 0 Å². The Kier molecular flexibility index (Phi) is 5.05. The van der Waals surface area contributed by atoms with Gasteiger partial charge in [-0.2, -0.15) is 0 Å². The highest BCUT2D eigenvalue weighted by molar-refractivity contribution is 7.98. The third-order valence-electron chi connectivity index (χ3n) is 4.30. The highest BCUT2D eigenvalue weighted by Crippen LogP contribution is 2.32. The summed E-state index contributed by atoms with van der Waals surface area (Å²) in [6.07, 6.45) is 5.51. The Labute approximate surface area is 175 Å². The van der Waals surface area contributed by atoms with Crippen LogP contribution in [0.25, 0.3) is 22.4 Å². The maximum atomic E-state index is 13.8. The summed E-state index contributed by atoms with van der Waals surface area (Å²) in [4.78, 5) is 12.6. The number of hydrogen-bond donors (Lipinski definition) is 0. The van der Waals surface area contributed by atoms with Crippen molar-refractivity contribution in [3.05, 3.63) is 65.3 Å². The molecule has 0 aliphatic carbocycles. The van der Waals surface area contributed by atoms with Crippen LogP contribution in [0.1, 0.15) is 5.56 Å². The minimum absolute atomic E-state index is 0.119. The number of aryl methyl sites for hydroxylation is 1. The molecule has 1 aromatic carbocycles. The summed E-state index contributed by atoms with van der Waals surface area (Å²) in [5.41, 5.74) is 1.51. The van der Waals surface area contributed by atoms with Gasteiger partial charge >= 0.3 is 0 Å². The van der Waals surface area contributed by atoms with Crippen molar-refractivity contribution in [2.24, 2.45) is 0 Å². The van der Waals surface area contributed by atoms with Crippen LogP contribution in [0.2, 0.25) is 5.02 Å². The number of nitrogens with zero attached hydrogens (tertiary/aromatic N) is 4. The smallest absolute Gasteiger partial charge is 0.236 e. The second-order valence-electron chi connectivity index (χ2n) is 6.23. The lowest BCUT2D eigenvalue weighted by atomic mass is 10.2. The van der Waals surface area contributed by atoms with E-state index in [-0.39, 0.29) is 21.4 Å². The molecule has 0 atom stereocenters. The Bertz CT molecular complexity index is 1340. The zero-order chi connectivity index (χ0) is 20.8. The van der Waals surface area contributed by atoms with Crippen LogP contribution < -0.4 is 0 Å². The molecule has 0 unspecified atom stereocenters. The van der Waals surface area contributed by atoms with Gasteiger partial charge in [0, 0.05) is 23.3 Å². The average Bonchev–Trinajstić information content (AvgIpc) is 3.08. The average molecular weight is 449 g/mol. The first-order valence-electron chi connectivity index (χ1n) is 8.37. The maximum Gasteiger partial charge on any atom is 0.269 e. The molecule has 4 rings (SSSR count). The lowest BCUT2D eigenvalue weighted by molar-refractivity contribution is 0.580. The van der Waals surface area contributed by atoms with Gasteiger partial charge in [-0.15, -0.1) is 11.8 Å². The predicted octanol–water partition coefficient (Wildman–Crippen LogP) is 4.55. The molecular weight excluding hydrogens is 435 g/mol. The van der Waals surface area contributed by atoms with Crippen LogP contribution in [0.15, 0.2) is 58.8 Å². The normalized spacial score (nSPS) is 11.9. The van der Waals surface area contributed by atoms with Gasteiger partial charge in [0.25, 0.3) is 10.0 Å². The summed E-state index contributed by atoms with van der Waals surface area (Å²) in [6.45, 7) is 1.87. The van der Waals surface area contributed by atoms with Crippen molar-refractivity contribution in [1.29, 1.82) is 0 Å². The van der Waals surface area contributed by atoms with Crippen molar-refractivity contribution in [3.8, 4) is 11.4 Å². The van der Waals surface area contributed by atoms with Gasteiger partial charge in [0.15, 0.2) is 17.3 Å². The van der Waals surface area contributed by atoms with Crippen LogP contribution in [0.3, 0.4) is 0 Å². The van der Waals surface area contributed by atoms with E-state index in [0.29, 0.717) is 16.0 Å². The molecule has 29 heavy (non-hydrogen) atoms. The number of thioether (sulfide) groups is 1. The van der Waals surface area contributed by atoms with Crippen molar-refractivity contribution in [2.45, 2.75) is 16.8 Å². The van der Waals surface area contributed by atoms with Crippen LogP contribution in [0.5, 0.6) is 0 Å². The molecule has 0 spiro atoms. The van der Waals surface area contributed by atoms with Crippen molar-refractivity contribution < 1.29 is 12.8 Å². The molecule has 0 saturated carbocycles. The van der Waals surface area contributed by atoms with Crippen molar-refractivity contribution in [1.82, 2.24) is 18.9 Å². The number of hydrogen-bond acceptors (Lipinski definition) is 6. The van der Waals surface area contributed by atoms with Crippen LogP contribution >= 0.6 is 23.4 Å². The van der Waals surface area contributed by atoms with Crippen LogP contribution in [0.4, 0.5) is 4.39 Å². The molecule has 0 bridgehead atoms. The Balaban J connectivity index is 1.99. The van der Waals surface area contributed by atoms with Crippen LogP contribution in [0, 0.1) is 12.7 Å². The molecule has 0 amide bonds. The molecule has 0 radical (unpaired) electrons.